The molecule has 7 heteroatoms. The summed E-state index contributed by atoms with van der Waals surface area (Å²) < 4.78 is 5.40. The molecule has 0 saturated heterocycles. The van der Waals surface area contributed by atoms with Gasteiger partial charge >= 0.3 is 5.97 Å². The maximum absolute atomic E-state index is 12.5. The van der Waals surface area contributed by atoms with Gasteiger partial charge in [-0.1, -0.05) is 0 Å². The Labute approximate surface area is 144 Å². The van der Waals surface area contributed by atoms with Gasteiger partial charge < -0.3 is 14.7 Å². The van der Waals surface area contributed by atoms with Crippen molar-refractivity contribution in [3.63, 3.8) is 0 Å². The summed E-state index contributed by atoms with van der Waals surface area (Å²) in [5, 5.41) is 11.6. The number of carbonyl (C=O) groups is 2. The predicted octanol–water partition coefficient (Wildman–Crippen LogP) is 3.14. The third-order valence-corrected chi connectivity index (χ3v) is 4.69. The van der Waals surface area contributed by atoms with Crippen LogP contribution in [0, 0.1) is 0 Å². The second-order valence-electron chi connectivity index (χ2n) is 5.72. The van der Waals surface area contributed by atoms with E-state index in [9.17, 15) is 14.7 Å². The van der Waals surface area contributed by atoms with Crippen LogP contribution in [0.3, 0.4) is 0 Å². The van der Waals surface area contributed by atoms with E-state index in [0.29, 0.717) is 11.6 Å². The van der Waals surface area contributed by atoms with Crippen LogP contribution in [0.5, 0.6) is 5.75 Å². The van der Waals surface area contributed by atoms with Crippen molar-refractivity contribution in [1.82, 2.24) is 9.88 Å². The minimum absolute atomic E-state index is 0.237. The Morgan fingerprint density at radius 3 is 2.46 bits per heavy atom. The number of carbonyl (C=O) groups excluding carboxylic acids is 1. The first-order valence-corrected chi connectivity index (χ1v) is 8.35. The molecule has 1 aromatic carbocycles. The van der Waals surface area contributed by atoms with Gasteiger partial charge in [0, 0.05) is 18.0 Å². The number of likely N-dealkylation sites (N-methyl/N-ethyl adjacent to an activating group) is 1. The number of aromatic nitrogens is 1. The number of carboxylic acids is 1. The van der Waals surface area contributed by atoms with Crippen LogP contribution in [0.2, 0.25) is 0 Å². The highest BCUT2D eigenvalue weighted by atomic mass is 32.1. The third-order valence-electron chi connectivity index (χ3n) is 3.80. The van der Waals surface area contributed by atoms with Crippen LogP contribution in [0.4, 0.5) is 0 Å². The number of ether oxygens (including phenoxy) is 1. The molecule has 1 aromatic heterocycles. The fourth-order valence-electron chi connectivity index (χ4n) is 1.93. The Kier molecular flexibility index (Phi) is 5.23. The molecule has 2 aromatic rings. The molecule has 128 valence electrons. The molecule has 0 radical (unpaired) electrons. The summed E-state index contributed by atoms with van der Waals surface area (Å²) in [6.07, 6.45) is 0. The highest BCUT2D eigenvalue weighted by molar-refractivity contribution is 7.13. The monoisotopic (exact) mass is 348 g/mol. The van der Waals surface area contributed by atoms with E-state index in [-0.39, 0.29) is 5.69 Å². The lowest BCUT2D eigenvalue weighted by Gasteiger charge is -2.30. The summed E-state index contributed by atoms with van der Waals surface area (Å²) in [4.78, 5) is 29.3. The average molecular weight is 348 g/mol. The number of hydrogen-bond acceptors (Lipinski definition) is 5. The van der Waals surface area contributed by atoms with Gasteiger partial charge in [0.15, 0.2) is 0 Å². The van der Waals surface area contributed by atoms with E-state index in [1.165, 1.54) is 37.1 Å². The fraction of sp³-hybridized carbons (Fsp3) is 0.353. The number of hydrogen-bond donors (Lipinski definition) is 1. The van der Waals surface area contributed by atoms with Crippen molar-refractivity contribution in [1.29, 1.82) is 0 Å². The largest absolute Gasteiger partial charge is 0.494 e. The molecule has 0 aliphatic carbocycles. The van der Waals surface area contributed by atoms with E-state index in [4.69, 9.17) is 4.74 Å². The fourth-order valence-corrected chi connectivity index (χ4v) is 2.73. The molecule has 0 bridgehead atoms. The highest BCUT2D eigenvalue weighted by Crippen LogP contribution is 2.27. The van der Waals surface area contributed by atoms with Crippen molar-refractivity contribution < 1.29 is 19.4 Å². The van der Waals surface area contributed by atoms with Gasteiger partial charge in [-0.3, -0.25) is 4.79 Å². The Bertz CT molecular complexity index is 737. The third kappa shape index (κ3) is 3.56. The van der Waals surface area contributed by atoms with Crippen molar-refractivity contribution in [3.05, 3.63) is 35.3 Å². The van der Waals surface area contributed by atoms with E-state index in [1.54, 1.807) is 5.38 Å². The first-order valence-electron chi connectivity index (χ1n) is 7.47. The predicted molar refractivity (Wildman–Crippen MR) is 92.5 cm³/mol. The Hall–Kier alpha value is -2.41. The van der Waals surface area contributed by atoms with Gasteiger partial charge in [-0.2, -0.15) is 0 Å². The zero-order chi connectivity index (χ0) is 17.9. The lowest BCUT2D eigenvalue weighted by molar-refractivity contribution is -0.147. The Morgan fingerprint density at radius 1 is 1.29 bits per heavy atom. The summed E-state index contributed by atoms with van der Waals surface area (Å²) in [6, 6.07) is 7.45. The van der Waals surface area contributed by atoms with Gasteiger partial charge in [0.25, 0.3) is 5.91 Å². The van der Waals surface area contributed by atoms with Crippen molar-refractivity contribution in [3.8, 4) is 16.3 Å². The van der Waals surface area contributed by atoms with E-state index in [2.05, 4.69) is 4.98 Å². The van der Waals surface area contributed by atoms with Crippen molar-refractivity contribution in [2.24, 2.45) is 0 Å². The van der Waals surface area contributed by atoms with Gasteiger partial charge in [0.2, 0.25) is 0 Å². The molecular weight excluding hydrogens is 328 g/mol. The normalized spacial score (nSPS) is 11.2. The smallest absolute Gasteiger partial charge is 0.329 e. The van der Waals surface area contributed by atoms with Gasteiger partial charge in [0.1, 0.15) is 22.0 Å². The molecular formula is C17H20N2O4S. The van der Waals surface area contributed by atoms with Crippen LogP contribution < -0.4 is 4.74 Å². The van der Waals surface area contributed by atoms with E-state index in [1.807, 2.05) is 31.2 Å². The number of thiazole rings is 1. The van der Waals surface area contributed by atoms with Gasteiger partial charge in [-0.05, 0) is 45.0 Å². The number of nitrogens with zero attached hydrogens (tertiary/aromatic N) is 2. The highest BCUT2D eigenvalue weighted by Gasteiger charge is 2.36. The number of amides is 1. The van der Waals surface area contributed by atoms with Crippen LogP contribution >= 0.6 is 11.3 Å². The molecule has 0 atom stereocenters. The molecule has 0 aliphatic heterocycles. The van der Waals surface area contributed by atoms with Crippen LogP contribution in [0.1, 0.15) is 31.3 Å². The standard InChI is InChI=1S/C17H20N2O4S/c1-5-23-12-8-6-11(7-9-12)14-18-13(10-24-14)15(20)19(4)17(2,3)16(21)22/h6-10H,5H2,1-4H3,(H,21,22). The summed E-state index contributed by atoms with van der Waals surface area (Å²) >= 11 is 1.34. The molecule has 1 heterocycles. The van der Waals surface area contributed by atoms with E-state index in [0.717, 1.165) is 11.3 Å². The number of carboxylic acid groups (broad SMARTS) is 1. The van der Waals surface area contributed by atoms with E-state index < -0.39 is 17.4 Å². The lowest BCUT2D eigenvalue weighted by atomic mass is 10.0. The molecule has 6 nitrogen and oxygen atoms in total. The Morgan fingerprint density at radius 2 is 1.92 bits per heavy atom. The summed E-state index contributed by atoms with van der Waals surface area (Å²) in [7, 11) is 1.46. The first kappa shape index (κ1) is 17.9. The number of aliphatic carboxylic acids is 1. The minimum Gasteiger partial charge on any atom is -0.494 e. The lowest BCUT2D eigenvalue weighted by Crippen LogP contribution is -2.50. The molecule has 1 N–H and O–H groups in total. The van der Waals surface area contributed by atoms with Crippen molar-refractivity contribution in [2.75, 3.05) is 13.7 Å². The summed E-state index contributed by atoms with van der Waals surface area (Å²) in [5.41, 5.74) is -0.191. The summed E-state index contributed by atoms with van der Waals surface area (Å²) in [5.74, 6) is -0.715. The summed E-state index contributed by atoms with van der Waals surface area (Å²) in [6.45, 7) is 5.47. The van der Waals surface area contributed by atoms with Crippen molar-refractivity contribution >= 4 is 23.2 Å². The number of benzene rings is 1. The van der Waals surface area contributed by atoms with Gasteiger partial charge in [-0.15, -0.1) is 11.3 Å². The minimum atomic E-state index is -1.31. The second kappa shape index (κ2) is 7.00. The van der Waals surface area contributed by atoms with Crippen molar-refractivity contribution in [2.45, 2.75) is 26.3 Å². The Balaban J connectivity index is 2.21. The maximum atomic E-state index is 12.5. The topological polar surface area (TPSA) is 79.7 Å². The van der Waals surface area contributed by atoms with Crippen LogP contribution in [-0.4, -0.2) is 46.1 Å². The first-order chi connectivity index (χ1) is 11.3. The number of rotatable bonds is 6. The molecule has 2 rings (SSSR count). The molecule has 0 spiro atoms. The van der Waals surface area contributed by atoms with Gasteiger partial charge in [0.05, 0.1) is 6.61 Å². The van der Waals surface area contributed by atoms with Crippen LogP contribution in [-0.2, 0) is 4.79 Å². The molecule has 0 fully saturated rings. The van der Waals surface area contributed by atoms with Crippen LogP contribution in [0.15, 0.2) is 29.6 Å². The SMILES string of the molecule is CCOc1ccc(-c2nc(C(=O)N(C)C(C)(C)C(=O)O)cs2)cc1. The molecule has 0 unspecified atom stereocenters. The zero-order valence-electron chi connectivity index (χ0n) is 14.1. The molecule has 0 aliphatic rings. The van der Waals surface area contributed by atoms with E-state index >= 15 is 0 Å². The molecule has 0 saturated carbocycles. The van der Waals surface area contributed by atoms with Crippen LogP contribution in [0.25, 0.3) is 10.6 Å². The second-order valence-corrected chi connectivity index (χ2v) is 6.58. The molecule has 1 amide bonds. The zero-order valence-corrected chi connectivity index (χ0v) is 14.9. The molecule has 24 heavy (non-hydrogen) atoms. The van der Waals surface area contributed by atoms with Gasteiger partial charge in [-0.25, -0.2) is 9.78 Å². The maximum Gasteiger partial charge on any atom is 0.329 e. The average Bonchev–Trinajstić information content (AvgIpc) is 3.04. The quantitative estimate of drug-likeness (QED) is 0.867.